The molecule has 2 heterocycles. The summed E-state index contributed by atoms with van der Waals surface area (Å²) >= 11 is 3.65. The van der Waals surface area contributed by atoms with Gasteiger partial charge in [-0.25, -0.2) is 4.99 Å². The molecule has 0 unspecified atom stereocenters. The van der Waals surface area contributed by atoms with Crippen molar-refractivity contribution in [1.29, 1.82) is 0 Å². The third kappa shape index (κ3) is 6.50. The lowest BCUT2D eigenvalue weighted by Gasteiger charge is -2.31. The largest absolute Gasteiger partial charge is 0.494 e. The highest BCUT2D eigenvalue weighted by molar-refractivity contribution is 9.10. The van der Waals surface area contributed by atoms with Gasteiger partial charge in [0.15, 0.2) is 23.1 Å². The van der Waals surface area contributed by atoms with Crippen LogP contribution < -0.4 is 19.5 Å². The first-order valence-electron chi connectivity index (χ1n) is 14.7. The number of carbonyl (C=O) groups is 1. The second kappa shape index (κ2) is 13.9. The molecule has 2 aliphatic heterocycles. The van der Waals surface area contributed by atoms with Gasteiger partial charge in [-0.3, -0.25) is 4.79 Å². The van der Waals surface area contributed by atoms with Gasteiger partial charge in [0.1, 0.15) is 5.75 Å². The lowest BCUT2D eigenvalue weighted by molar-refractivity contribution is -0.129. The van der Waals surface area contributed by atoms with Gasteiger partial charge < -0.3 is 29.4 Å². The third-order valence-electron chi connectivity index (χ3n) is 7.71. The molecule has 1 amide bonds. The Kier molecular flexibility index (Phi) is 9.39. The zero-order valence-corrected chi connectivity index (χ0v) is 26.2. The molecule has 46 heavy (non-hydrogen) atoms. The van der Waals surface area contributed by atoms with Crippen LogP contribution in [0.15, 0.2) is 106 Å². The Bertz CT molecular complexity index is 1810. The standard InChI is InChI=1S/C34H30BrN5O6/c35-27-8-3-1-6-24(27)19-34(33(42)37-20-22-10-15-29-30(18-22)45-21-44-29)31(26-7-2-4-9-28(26)39-40-36)46-32(38-34)23-11-13-25(14-12-23)43-17-5-16-41/h1-4,6-15,18,31,41H,5,16-17,19-21H2,(H,37,42)/t31-,34-/m1/s1. The Morgan fingerprint density at radius 1 is 1.07 bits per heavy atom. The third-order valence-corrected chi connectivity index (χ3v) is 8.48. The van der Waals surface area contributed by atoms with E-state index in [0.717, 1.165) is 15.6 Å². The summed E-state index contributed by atoms with van der Waals surface area (Å²) in [6.07, 6.45) is -0.265. The summed E-state index contributed by atoms with van der Waals surface area (Å²) in [7, 11) is 0. The zero-order chi connectivity index (χ0) is 31.9. The van der Waals surface area contributed by atoms with Crippen LogP contribution in [-0.2, 0) is 22.5 Å². The molecule has 4 aromatic rings. The number of fused-ring (bicyclic) bond motifs is 1. The van der Waals surface area contributed by atoms with Gasteiger partial charge in [-0.1, -0.05) is 69.6 Å². The van der Waals surface area contributed by atoms with E-state index >= 15 is 0 Å². The molecule has 0 aliphatic carbocycles. The first-order valence-corrected chi connectivity index (χ1v) is 15.4. The molecule has 0 saturated heterocycles. The van der Waals surface area contributed by atoms with Crippen LogP contribution >= 0.6 is 15.9 Å². The Labute approximate surface area is 273 Å². The first-order chi connectivity index (χ1) is 22.5. The molecule has 11 nitrogen and oxygen atoms in total. The van der Waals surface area contributed by atoms with Gasteiger partial charge in [0.05, 0.1) is 6.61 Å². The van der Waals surface area contributed by atoms with E-state index in [1.807, 2.05) is 54.6 Å². The Hall–Kier alpha value is -5.03. The monoisotopic (exact) mass is 683 g/mol. The Balaban J connectivity index is 1.42. The molecule has 0 spiro atoms. The summed E-state index contributed by atoms with van der Waals surface area (Å²) in [5.41, 5.74) is 11.0. The average Bonchev–Trinajstić information content (AvgIpc) is 3.71. The summed E-state index contributed by atoms with van der Waals surface area (Å²) in [5.74, 6) is 1.78. The summed E-state index contributed by atoms with van der Waals surface area (Å²) in [6, 6.07) is 27.4. The number of hydrogen-bond acceptors (Lipinski definition) is 8. The van der Waals surface area contributed by atoms with Crippen LogP contribution in [0.2, 0.25) is 0 Å². The maximum absolute atomic E-state index is 14.6. The topological polar surface area (TPSA) is 147 Å². The minimum atomic E-state index is -1.51. The van der Waals surface area contributed by atoms with E-state index in [-0.39, 0.29) is 38.2 Å². The van der Waals surface area contributed by atoms with E-state index in [4.69, 9.17) is 29.0 Å². The fraction of sp³-hybridized carbons (Fsp3) is 0.235. The van der Waals surface area contributed by atoms with Crippen molar-refractivity contribution in [1.82, 2.24) is 5.32 Å². The molecule has 2 N–H and O–H groups in total. The van der Waals surface area contributed by atoms with Crippen molar-refractivity contribution >= 4 is 33.4 Å². The summed E-state index contributed by atoms with van der Waals surface area (Å²) in [5, 5.41) is 16.1. The number of nitrogens with one attached hydrogen (secondary N) is 1. The van der Waals surface area contributed by atoms with Gasteiger partial charge >= 0.3 is 0 Å². The fourth-order valence-corrected chi connectivity index (χ4v) is 5.85. The maximum atomic E-state index is 14.6. The Morgan fingerprint density at radius 3 is 2.65 bits per heavy atom. The lowest BCUT2D eigenvalue weighted by Crippen LogP contribution is -2.49. The van der Waals surface area contributed by atoms with Crippen LogP contribution in [-0.4, -0.2) is 42.5 Å². The number of carbonyl (C=O) groups excluding carboxylic acids is 1. The van der Waals surface area contributed by atoms with Gasteiger partial charge in [0, 0.05) is 52.2 Å². The van der Waals surface area contributed by atoms with Gasteiger partial charge in [-0.05, 0) is 59.1 Å². The summed E-state index contributed by atoms with van der Waals surface area (Å²) in [6.45, 7) is 0.766. The molecule has 6 rings (SSSR count). The number of aliphatic hydroxyl groups excluding tert-OH is 1. The number of nitrogens with zero attached hydrogens (tertiary/aromatic N) is 4. The van der Waals surface area contributed by atoms with Crippen LogP contribution in [0.4, 0.5) is 5.69 Å². The SMILES string of the molecule is [N-]=[N+]=Nc1ccccc1[C@H]1OC(c2ccc(OCCCO)cc2)=N[C@@]1(Cc1ccccc1Br)C(=O)NCc1ccc2c(c1)OCO2. The van der Waals surface area contributed by atoms with E-state index in [9.17, 15) is 10.3 Å². The quantitative estimate of drug-likeness (QED) is 0.0735. The van der Waals surface area contributed by atoms with Crippen LogP contribution in [0, 0.1) is 0 Å². The number of aliphatic imine (C=N–C) groups is 1. The van der Waals surface area contributed by atoms with Gasteiger partial charge in [-0.15, -0.1) is 0 Å². The molecule has 0 fully saturated rings. The van der Waals surface area contributed by atoms with Crippen molar-refractivity contribution in [2.75, 3.05) is 20.0 Å². The second-order valence-electron chi connectivity index (χ2n) is 10.7. The van der Waals surface area contributed by atoms with Crippen LogP contribution in [0.5, 0.6) is 17.2 Å². The molecule has 2 atom stereocenters. The first kappa shape index (κ1) is 31.0. The van der Waals surface area contributed by atoms with E-state index in [1.165, 1.54) is 0 Å². The van der Waals surface area contributed by atoms with Crippen molar-refractivity contribution in [3.05, 3.63) is 128 Å². The molecule has 2 aliphatic rings. The number of halogens is 1. The summed E-state index contributed by atoms with van der Waals surface area (Å²) < 4.78 is 24.1. The number of hydrogen-bond donors (Lipinski definition) is 2. The molecular weight excluding hydrogens is 654 g/mol. The number of benzene rings is 4. The molecule has 0 bridgehead atoms. The predicted molar refractivity (Wildman–Crippen MR) is 174 cm³/mol. The highest BCUT2D eigenvalue weighted by Gasteiger charge is 2.54. The minimum Gasteiger partial charge on any atom is -0.494 e. The highest BCUT2D eigenvalue weighted by Crippen LogP contribution is 2.46. The lowest BCUT2D eigenvalue weighted by atomic mass is 9.81. The van der Waals surface area contributed by atoms with Crippen LogP contribution in [0.25, 0.3) is 10.4 Å². The van der Waals surface area contributed by atoms with Crippen molar-refractivity contribution < 1.29 is 28.8 Å². The molecule has 234 valence electrons. The van der Waals surface area contributed by atoms with Crippen LogP contribution in [0.3, 0.4) is 0 Å². The number of amides is 1. The Morgan fingerprint density at radius 2 is 1.85 bits per heavy atom. The summed E-state index contributed by atoms with van der Waals surface area (Å²) in [4.78, 5) is 22.7. The molecule has 0 saturated carbocycles. The number of rotatable bonds is 12. The molecule has 4 aromatic carbocycles. The van der Waals surface area contributed by atoms with Crippen molar-refractivity contribution in [3.63, 3.8) is 0 Å². The second-order valence-corrected chi connectivity index (χ2v) is 11.5. The molecule has 0 aromatic heterocycles. The van der Waals surface area contributed by atoms with Gasteiger partial charge in [0.2, 0.25) is 12.7 Å². The maximum Gasteiger partial charge on any atom is 0.252 e. The van der Waals surface area contributed by atoms with Crippen molar-refractivity contribution in [3.8, 4) is 17.2 Å². The normalized spacial score (nSPS) is 17.9. The fourth-order valence-electron chi connectivity index (χ4n) is 5.43. The molecule has 0 radical (unpaired) electrons. The van der Waals surface area contributed by atoms with Gasteiger partial charge in [0.25, 0.3) is 5.91 Å². The number of aliphatic hydroxyl groups is 1. The average molecular weight is 685 g/mol. The van der Waals surface area contributed by atoms with E-state index in [2.05, 4.69) is 31.3 Å². The van der Waals surface area contributed by atoms with E-state index in [0.29, 0.717) is 47.1 Å². The number of azide groups is 1. The molecular formula is C34H30BrN5O6. The van der Waals surface area contributed by atoms with Gasteiger partial charge in [-0.2, -0.15) is 0 Å². The minimum absolute atomic E-state index is 0.0395. The smallest absolute Gasteiger partial charge is 0.252 e. The zero-order valence-electron chi connectivity index (χ0n) is 24.6. The predicted octanol–water partition coefficient (Wildman–Crippen LogP) is 6.70. The van der Waals surface area contributed by atoms with Crippen LogP contribution in [0.1, 0.15) is 34.8 Å². The van der Waals surface area contributed by atoms with Crippen molar-refractivity contribution in [2.45, 2.75) is 31.0 Å². The van der Waals surface area contributed by atoms with Crippen molar-refractivity contribution in [2.24, 2.45) is 10.1 Å². The highest BCUT2D eigenvalue weighted by atomic mass is 79.9. The number of ether oxygens (including phenoxy) is 4. The van der Waals surface area contributed by atoms with E-state index < -0.39 is 11.6 Å². The molecule has 12 heteroatoms. The van der Waals surface area contributed by atoms with E-state index in [1.54, 1.807) is 36.4 Å².